The number of halogens is 3. The maximum atomic E-state index is 14.1. The van der Waals surface area contributed by atoms with Crippen LogP contribution in [0.15, 0.2) is 37.1 Å². The first-order chi connectivity index (χ1) is 26.6. The number of anilines is 2. The number of likely N-dealkylation sites (N-methyl/N-ethyl adjacent to an activating group) is 1. The highest BCUT2D eigenvalue weighted by Crippen LogP contribution is 2.53. The molecule has 4 aliphatic heterocycles. The number of likely N-dealkylation sites (tertiary alicyclic amines) is 1. The van der Waals surface area contributed by atoms with Crippen LogP contribution < -0.4 is 14.5 Å². The molecule has 56 heavy (non-hydrogen) atoms. The van der Waals surface area contributed by atoms with E-state index in [1.165, 1.54) is 10.4 Å². The summed E-state index contributed by atoms with van der Waals surface area (Å²) in [6.45, 7) is 7.77. The Morgan fingerprint density at radius 3 is 2.41 bits per heavy atom. The number of alkyl halides is 3. The molecule has 0 atom stereocenters. The van der Waals surface area contributed by atoms with Gasteiger partial charge in [-0.3, -0.25) is 9.89 Å². The van der Waals surface area contributed by atoms with Crippen molar-refractivity contribution in [2.75, 3.05) is 82.9 Å². The second kappa shape index (κ2) is 13.3. The molecule has 4 saturated heterocycles. The van der Waals surface area contributed by atoms with Gasteiger partial charge in [0.2, 0.25) is 21.9 Å². The number of rotatable bonds is 10. The van der Waals surface area contributed by atoms with Gasteiger partial charge in [0.05, 0.1) is 11.7 Å². The van der Waals surface area contributed by atoms with Gasteiger partial charge < -0.3 is 24.3 Å². The fourth-order valence-electron chi connectivity index (χ4n) is 8.85. The SMILES string of the molecule is C=CC(=O)N1CC2(CCN(c3nc(N4CC(S(=O)(=O)N5CC(N(C)C)C5)C4)nc4c(OCC(F)(F)F)c(-c5c(C)ccc6[nH]ncc56)c(C5CC5)cc34)CC2)C1. The van der Waals surface area contributed by atoms with Crippen molar-refractivity contribution < 1.29 is 31.1 Å². The second-order valence-electron chi connectivity index (χ2n) is 16.6. The molecule has 13 nitrogen and oxygen atoms in total. The third-order valence-electron chi connectivity index (χ3n) is 12.6. The Labute approximate surface area is 323 Å². The molecule has 1 saturated carbocycles. The van der Waals surface area contributed by atoms with Crippen molar-refractivity contribution in [1.29, 1.82) is 0 Å². The molecule has 17 heteroatoms. The third-order valence-corrected chi connectivity index (χ3v) is 14.7. The number of fused-ring (bicyclic) bond motifs is 2. The van der Waals surface area contributed by atoms with Gasteiger partial charge in [-0.05, 0) is 87.5 Å². The highest BCUT2D eigenvalue weighted by Gasteiger charge is 2.48. The van der Waals surface area contributed by atoms with Crippen LogP contribution in [0.2, 0.25) is 0 Å². The smallest absolute Gasteiger partial charge is 0.422 e. The van der Waals surface area contributed by atoms with E-state index >= 15 is 0 Å². The van der Waals surface area contributed by atoms with Crippen molar-refractivity contribution >= 4 is 49.5 Å². The molecule has 0 bridgehead atoms. The Morgan fingerprint density at radius 1 is 1.05 bits per heavy atom. The van der Waals surface area contributed by atoms with Crippen LogP contribution in [0.1, 0.15) is 42.7 Å². The summed E-state index contributed by atoms with van der Waals surface area (Å²) >= 11 is 0. The predicted octanol–water partition coefficient (Wildman–Crippen LogP) is 4.68. The third kappa shape index (κ3) is 6.35. The minimum atomic E-state index is -4.62. The van der Waals surface area contributed by atoms with Crippen LogP contribution in [-0.4, -0.2) is 139 Å². The summed E-state index contributed by atoms with van der Waals surface area (Å²) < 4.78 is 77.0. The van der Waals surface area contributed by atoms with Crippen LogP contribution in [0.25, 0.3) is 32.9 Å². The van der Waals surface area contributed by atoms with Gasteiger partial charge in [-0.25, -0.2) is 13.4 Å². The number of hydrogen-bond donors (Lipinski definition) is 1. The summed E-state index contributed by atoms with van der Waals surface area (Å²) in [5, 5.41) is 7.98. The predicted molar refractivity (Wildman–Crippen MR) is 208 cm³/mol. The fourth-order valence-corrected chi connectivity index (χ4v) is 10.8. The van der Waals surface area contributed by atoms with E-state index < -0.39 is 28.1 Å². The van der Waals surface area contributed by atoms with E-state index in [0.717, 1.165) is 53.3 Å². The molecule has 1 spiro atoms. The number of aryl methyl sites for hydroxylation is 1. The van der Waals surface area contributed by atoms with Crippen LogP contribution in [0, 0.1) is 12.3 Å². The molecule has 2 aromatic heterocycles. The van der Waals surface area contributed by atoms with Crippen LogP contribution in [0.3, 0.4) is 0 Å². The van der Waals surface area contributed by atoms with Crippen LogP contribution in [0.4, 0.5) is 24.9 Å². The summed E-state index contributed by atoms with van der Waals surface area (Å²) in [6.07, 6.45) is 1.77. The first-order valence-corrected chi connectivity index (χ1v) is 20.7. The van der Waals surface area contributed by atoms with Gasteiger partial charge in [0.15, 0.2) is 12.4 Å². The van der Waals surface area contributed by atoms with Gasteiger partial charge in [0, 0.05) is 80.2 Å². The summed E-state index contributed by atoms with van der Waals surface area (Å²) in [6, 6.07) is 6.05. The number of benzene rings is 2. The standard InChI is InChI=1S/C39H46F3N9O4S/c1-5-31(52)50-20-38(21-50)10-12-48(13-11-38)36-28-14-27(24-7-8-24)33(32-23(2)6-9-30-29(32)15-43-46-30)35(55-22-39(40,41)42)34(28)44-37(45-36)49-18-26(19-49)56(53,54)51-16-25(17-51)47(3)4/h5-6,9,14-15,24-26H,1,7-8,10-13,16-22H2,2-4H3,(H,43,46). The number of H-pyrrole nitrogens is 1. The highest BCUT2D eigenvalue weighted by molar-refractivity contribution is 7.89. The van der Waals surface area contributed by atoms with Crippen molar-refractivity contribution in [3.63, 3.8) is 0 Å². The second-order valence-corrected chi connectivity index (χ2v) is 18.8. The number of piperidine rings is 1. The topological polar surface area (TPSA) is 131 Å². The fraction of sp³-hybridized carbons (Fsp3) is 0.538. The van der Waals surface area contributed by atoms with Gasteiger partial charge in [0.1, 0.15) is 16.6 Å². The van der Waals surface area contributed by atoms with E-state index in [2.05, 4.69) is 21.7 Å². The first-order valence-electron chi connectivity index (χ1n) is 19.2. The number of amides is 1. The largest absolute Gasteiger partial charge is 0.481 e. The Morgan fingerprint density at radius 2 is 1.77 bits per heavy atom. The molecule has 0 unspecified atom stereocenters. The summed E-state index contributed by atoms with van der Waals surface area (Å²) in [4.78, 5) is 30.1. The minimum absolute atomic E-state index is 0.0174. The minimum Gasteiger partial charge on any atom is -0.481 e. The van der Waals surface area contributed by atoms with Crippen LogP contribution >= 0.6 is 0 Å². The van der Waals surface area contributed by atoms with Crippen LogP contribution in [0.5, 0.6) is 5.75 Å². The maximum Gasteiger partial charge on any atom is 0.422 e. The molecular formula is C39H46F3N9O4S. The number of nitrogens with one attached hydrogen (secondary N) is 1. The number of aromatic amines is 1. The molecule has 9 rings (SSSR count). The van der Waals surface area contributed by atoms with Crippen molar-refractivity contribution in [1.82, 2.24) is 34.3 Å². The monoisotopic (exact) mass is 793 g/mol. The summed E-state index contributed by atoms with van der Waals surface area (Å²) in [5.74, 6) is 0.904. The van der Waals surface area contributed by atoms with Gasteiger partial charge in [0.25, 0.3) is 0 Å². The molecule has 5 fully saturated rings. The average Bonchev–Trinajstić information content (AvgIpc) is 3.83. The molecule has 1 amide bonds. The number of sulfonamides is 1. The lowest BCUT2D eigenvalue weighted by Gasteiger charge is -2.54. The number of nitrogens with zero attached hydrogens (tertiary/aromatic N) is 8. The number of aromatic nitrogens is 4. The van der Waals surface area contributed by atoms with Gasteiger partial charge >= 0.3 is 6.18 Å². The van der Waals surface area contributed by atoms with E-state index in [9.17, 15) is 26.4 Å². The number of carbonyl (C=O) groups is 1. The zero-order valence-corrected chi connectivity index (χ0v) is 32.6. The number of hydrogen-bond acceptors (Lipinski definition) is 10. The van der Waals surface area contributed by atoms with E-state index in [4.69, 9.17) is 14.7 Å². The normalized spacial score (nSPS) is 20.8. The van der Waals surface area contributed by atoms with E-state index in [-0.39, 0.29) is 53.6 Å². The van der Waals surface area contributed by atoms with E-state index in [1.807, 2.05) is 44.1 Å². The Bertz CT molecular complexity index is 2330. The van der Waals surface area contributed by atoms with Gasteiger partial charge in [-0.2, -0.15) is 27.6 Å². The van der Waals surface area contributed by atoms with Crippen molar-refractivity contribution in [3.05, 3.63) is 48.2 Å². The van der Waals surface area contributed by atoms with E-state index in [0.29, 0.717) is 56.0 Å². The lowest BCUT2D eigenvalue weighted by atomic mass is 9.72. The lowest BCUT2D eigenvalue weighted by Crippen LogP contribution is -2.66. The van der Waals surface area contributed by atoms with Crippen molar-refractivity contribution in [3.8, 4) is 16.9 Å². The quantitative estimate of drug-likeness (QED) is 0.226. The summed E-state index contributed by atoms with van der Waals surface area (Å²) in [7, 11) is 0.303. The Balaban J connectivity index is 1.16. The van der Waals surface area contributed by atoms with E-state index in [1.54, 1.807) is 16.0 Å². The Hall–Kier alpha value is -4.48. The van der Waals surface area contributed by atoms with Gasteiger partial charge in [-0.1, -0.05) is 12.6 Å². The zero-order chi connectivity index (χ0) is 39.3. The lowest BCUT2D eigenvalue weighted by molar-refractivity contribution is -0.153. The first kappa shape index (κ1) is 37.1. The maximum absolute atomic E-state index is 14.1. The average molecular weight is 794 g/mol. The Kier molecular flexibility index (Phi) is 8.81. The molecule has 2 aromatic carbocycles. The molecule has 1 N–H and O–H groups in total. The number of ether oxygens (including phenoxy) is 1. The molecule has 6 heterocycles. The molecule has 0 radical (unpaired) electrons. The summed E-state index contributed by atoms with van der Waals surface area (Å²) in [5.41, 5.74) is 4.03. The van der Waals surface area contributed by atoms with Gasteiger partial charge in [-0.15, -0.1) is 0 Å². The van der Waals surface area contributed by atoms with Crippen molar-refractivity contribution in [2.45, 2.75) is 56.0 Å². The molecule has 298 valence electrons. The van der Waals surface area contributed by atoms with Crippen molar-refractivity contribution in [2.24, 2.45) is 5.41 Å². The zero-order valence-electron chi connectivity index (χ0n) is 31.8. The molecule has 1 aliphatic carbocycles. The van der Waals surface area contributed by atoms with Crippen LogP contribution in [-0.2, 0) is 14.8 Å². The number of carbonyl (C=O) groups excluding carboxylic acids is 1. The molecular weight excluding hydrogens is 748 g/mol. The molecule has 4 aromatic rings. The highest BCUT2D eigenvalue weighted by atomic mass is 32.2. The molecule has 5 aliphatic rings.